The van der Waals surface area contributed by atoms with Crippen molar-refractivity contribution < 1.29 is 5.11 Å². The van der Waals surface area contributed by atoms with Crippen molar-refractivity contribution in [3.05, 3.63) is 28.9 Å². The maximum atomic E-state index is 9.42. The monoisotopic (exact) mass is 210 g/mol. The van der Waals surface area contributed by atoms with E-state index in [1.165, 1.54) is 0 Å². The molecule has 0 aliphatic rings. The van der Waals surface area contributed by atoms with E-state index in [0.717, 1.165) is 16.5 Å². The van der Waals surface area contributed by atoms with Gasteiger partial charge in [0, 0.05) is 12.4 Å². The minimum Gasteiger partial charge on any atom is -0.389 e. The molecular weight excluding hydrogens is 200 g/mol. The van der Waals surface area contributed by atoms with Crippen LogP contribution in [-0.2, 0) is 7.05 Å². The van der Waals surface area contributed by atoms with E-state index >= 15 is 0 Å². The van der Waals surface area contributed by atoms with Crippen LogP contribution in [0.15, 0.2) is 18.2 Å². The Morgan fingerprint density at radius 1 is 1.50 bits per heavy atom. The Bertz CT molecular complexity index is 476. The first-order valence-corrected chi connectivity index (χ1v) is 4.77. The molecule has 0 saturated heterocycles. The fraction of sp³-hybridized carbons (Fsp3) is 0.300. The van der Waals surface area contributed by atoms with Crippen LogP contribution in [0.4, 0.5) is 0 Å². The highest BCUT2D eigenvalue weighted by Crippen LogP contribution is 2.25. The first-order chi connectivity index (χ1) is 6.59. The van der Waals surface area contributed by atoms with Gasteiger partial charge in [0.2, 0.25) is 0 Å². The summed E-state index contributed by atoms with van der Waals surface area (Å²) in [6.07, 6.45) is -0.465. The van der Waals surface area contributed by atoms with Crippen LogP contribution in [0.25, 0.3) is 10.9 Å². The molecule has 14 heavy (non-hydrogen) atoms. The van der Waals surface area contributed by atoms with Crippen LogP contribution in [0.1, 0.15) is 18.6 Å². The first kappa shape index (κ1) is 9.49. The number of nitrogens with zero attached hydrogens (tertiary/aromatic N) is 2. The molecule has 0 radical (unpaired) electrons. The molecule has 0 spiro atoms. The van der Waals surface area contributed by atoms with E-state index in [0.29, 0.717) is 5.15 Å². The molecule has 3 nitrogen and oxygen atoms in total. The molecule has 1 aromatic carbocycles. The number of aliphatic hydroxyl groups excluding tert-OH is 1. The molecule has 0 aliphatic heterocycles. The molecule has 0 fully saturated rings. The van der Waals surface area contributed by atoms with Crippen LogP contribution in [-0.4, -0.2) is 14.9 Å². The molecule has 1 heterocycles. The molecular formula is C10H11ClN2O. The lowest BCUT2D eigenvalue weighted by Gasteiger charge is -2.04. The van der Waals surface area contributed by atoms with Crippen LogP contribution in [0.5, 0.6) is 0 Å². The Hall–Kier alpha value is -1.06. The van der Waals surface area contributed by atoms with Gasteiger partial charge in [-0.3, -0.25) is 4.68 Å². The van der Waals surface area contributed by atoms with E-state index in [4.69, 9.17) is 11.6 Å². The van der Waals surface area contributed by atoms with Gasteiger partial charge in [0.05, 0.1) is 11.6 Å². The largest absolute Gasteiger partial charge is 0.389 e. The number of aryl methyl sites for hydroxylation is 1. The number of aliphatic hydroxyl groups is 1. The Kier molecular flexibility index (Phi) is 2.21. The average molecular weight is 211 g/mol. The molecule has 0 amide bonds. The topological polar surface area (TPSA) is 38.1 Å². The number of aromatic nitrogens is 2. The quantitative estimate of drug-likeness (QED) is 0.784. The van der Waals surface area contributed by atoms with Gasteiger partial charge in [-0.15, -0.1) is 0 Å². The van der Waals surface area contributed by atoms with Gasteiger partial charge < -0.3 is 5.11 Å². The number of benzene rings is 1. The van der Waals surface area contributed by atoms with Crippen molar-refractivity contribution in [1.82, 2.24) is 9.78 Å². The van der Waals surface area contributed by atoms with Crippen LogP contribution in [0.2, 0.25) is 5.15 Å². The summed E-state index contributed by atoms with van der Waals surface area (Å²) in [5, 5.41) is 14.9. The SMILES string of the molecule is CC(O)c1ccc2c(Cl)nn(C)c2c1. The van der Waals surface area contributed by atoms with Gasteiger partial charge in [0.25, 0.3) is 0 Å². The van der Waals surface area contributed by atoms with Crippen LogP contribution in [0.3, 0.4) is 0 Å². The highest BCUT2D eigenvalue weighted by Gasteiger charge is 2.08. The molecule has 1 atom stereocenters. The van der Waals surface area contributed by atoms with Crippen LogP contribution < -0.4 is 0 Å². The highest BCUT2D eigenvalue weighted by atomic mass is 35.5. The fourth-order valence-corrected chi connectivity index (χ4v) is 1.76. The summed E-state index contributed by atoms with van der Waals surface area (Å²) >= 11 is 5.92. The molecule has 4 heteroatoms. The standard InChI is InChI=1S/C10H11ClN2O/c1-6(14)7-3-4-8-9(5-7)13(2)12-10(8)11/h3-6,14H,1-2H3. The maximum absolute atomic E-state index is 9.42. The second kappa shape index (κ2) is 3.26. The van der Waals surface area contributed by atoms with Gasteiger partial charge in [0.1, 0.15) is 0 Å². The van der Waals surface area contributed by atoms with Crippen molar-refractivity contribution in [2.24, 2.45) is 7.05 Å². The highest BCUT2D eigenvalue weighted by molar-refractivity contribution is 6.34. The Morgan fingerprint density at radius 2 is 2.21 bits per heavy atom. The van der Waals surface area contributed by atoms with Gasteiger partial charge in [-0.2, -0.15) is 5.10 Å². The van der Waals surface area contributed by atoms with Crippen molar-refractivity contribution in [3.8, 4) is 0 Å². The molecule has 0 bridgehead atoms. The van der Waals surface area contributed by atoms with Crippen molar-refractivity contribution in [2.75, 3.05) is 0 Å². The number of hydrogen-bond acceptors (Lipinski definition) is 2. The second-order valence-electron chi connectivity index (χ2n) is 3.37. The summed E-state index contributed by atoms with van der Waals surface area (Å²) in [7, 11) is 1.83. The zero-order valence-corrected chi connectivity index (χ0v) is 8.78. The molecule has 74 valence electrons. The Labute approximate surface area is 86.9 Å². The summed E-state index contributed by atoms with van der Waals surface area (Å²) in [6, 6.07) is 5.64. The van der Waals surface area contributed by atoms with Gasteiger partial charge >= 0.3 is 0 Å². The molecule has 2 rings (SSSR count). The summed E-state index contributed by atoms with van der Waals surface area (Å²) in [5.41, 5.74) is 1.81. The predicted molar refractivity (Wildman–Crippen MR) is 56.4 cm³/mol. The van der Waals surface area contributed by atoms with E-state index in [2.05, 4.69) is 5.10 Å². The Morgan fingerprint density at radius 3 is 2.86 bits per heavy atom. The van der Waals surface area contributed by atoms with E-state index in [1.54, 1.807) is 11.6 Å². The number of hydrogen-bond donors (Lipinski definition) is 1. The lowest BCUT2D eigenvalue weighted by Crippen LogP contribution is -1.93. The van der Waals surface area contributed by atoms with E-state index in [1.807, 2.05) is 25.2 Å². The molecule has 2 aromatic rings. The average Bonchev–Trinajstić information content (AvgIpc) is 2.42. The van der Waals surface area contributed by atoms with E-state index < -0.39 is 6.10 Å². The first-order valence-electron chi connectivity index (χ1n) is 4.40. The number of halogens is 1. The van der Waals surface area contributed by atoms with Gasteiger partial charge in [-0.05, 0) is 24.6 Å². The Balaban J connectivity index is 2.71. The number of fused-ring (bicyclic) bond motifs is 1. The van der Waals surface area contributed by atoms with Gasteiger partial charge in [-0.25, -0.2) is 0 Å². The molecule has 0 saturated carbocycles. The smallest absolute Gasteiger partial charge is 0.158 e. The molecule has 1 unspecified atom stereocenters. The van der Waals surface area contributed by atoms with Crippen LogP contribution in [0, 0.1) is 0 Å². The van der Waals surface area contributed by atoms with Crippen molar-refractivity contribution >= 4 is 22.5 Å². The summed E-state index contributed by atoms with van der Waals surface area (Å²) in [5.74, 6) is 0. The molecule has 1 aromatic heterocycles. The number of rotatable bonds is 1. The van der Waals surface area contributed by atoms with Gasteiger partial charge in [0.15, 0.2) is 5.15 Å². The van der Waals surface area contributed by atoms with E-state index in [-0.39, 0.29) is 0 Å². The van der Waals surface area contributed by atoms with Gasteiger partial charge in [-0.1, -0.05) is 17.7 Å². The summed E-state index contributed by atoms with van der Waals surface area (Å²) < 4.78 is 1.71. The fourth-order valence-electron chi connectivity index (χ4n) is 1.49. The summed E-state index contributed by atoms with van der Waals surface area (Å²) in [6.45, 7) is 1.74. The van der Waals surface area contributed by atoms with Crippen molar-refractivity contribution in [1.29, 1.82) is 0 Å². The van der Waals surface area contributed by atoms with Crippen LogP contribution >= 0.6 is 11.6 Å². The van der Waals surface area contributed by atoms with E-state index in [9.17, 15) is 5.11 Å². The van der Waals surface area contributed by atoms with Crippen molar-refractivity contribution in [2.45, 2.75) is 13.0 Å². The summed E-state index contributed by atoms with van der Waals surface area (Å²) in [4.78, 5) is 0. The maximum Gasteiger partial charge on any atom is 0.158 e. The minimum atomic E-state index is -0.465. The normalized spacial score (nSPS) is 13.4. The lowest BCUT2D eigenvalue weighted by atomic mass is 10.1. The molecule has 0 aliphatic carbocycles. The third-order valence-electron chi connectivity index (χ3n) is 2.31. The predicted octanol–water partition coefficient (Wildman–Crippen LogP) is 2.28. The zero-order valence-electron chi connectivity index (χ0n) is 8.03. The third kappa shape index (κ3) is 1.38. The second-order valence-corrected chi connectivity index (χ2v) is 3.72. The lowest BCUT2D eigenvalue weighted by molar-refractivity contribution is 0.199. The zero-order chi connectivity index (χ0) is 10.3. The van der Waals surface area contributed by atoms with Crippen molar-refractivity contribution in [3.63, 3.8) is 0 Å². The minimum absolute atomic E-state index is 0.465. The molecule has 1 N–H and O–H groups in total. The third-order valence-corrected chi connectivity index (χ3v) is 2.59.